The number of nitrogens with zero attached hydrogens (tertiary/aromatic N) is 1. The van der Waals surface area contributed by atoms with Crippen molar-refractivity contribution in [1.29, 1.82) is 0 Å². The minimum absolute atomic E-state index is 0.0307. The van der Waals surface area contributed by atoms with Crippen molar-refractivity contribution in [2.75, 3.05) is 11.9 Å². The highest BCUT2D eigenvalue weighted by Crippen LogP contribution is 2.34. The zero-order valence-corrected chi connectivity index (χ0v) is 14.7. The van der Waals surface area contributed by atoms with Crippen LogP contribution < -0.4 is 10.1 Å². The van der Waals surface area contributed by atoms with E-state index in [2.05, 4.69) is 5.32 Å². The summed E-state index contributed by atoms with van der Waals surface area (Å²) in [5, 5.41) is 13.9. The molecule has 0 aromatic heterocycles. The van der Waals surface area contributed by atoms with E-state index in [9.17, 15) is 14.9 Å². The Labute approximate surface area is 156 Å². The number of nitro groups is 1. The molecular weight excluding hydrogens is 402 g/mol. The fourth-order valence-corrected chi connectivity index (χ4v) is 2.46. The van der Waals surface area contributed by atoms with E-state index < -0.39 is 10.8 Å². The zero-order valence-electron chi connectivity index (χ0n) is 11.7. The number of halogens is 4. The first-order valence-corrected chi connectivity index (χ1v) is 7.80. The molecule has 0 radical (unpaired) electrons. The lowest BCUT2D eigenvalue weighted by molar-refractivity contribution is -0.384. The Kier molecular flexibility index (Phi) is 6.12. The normalized spacial score (nSPS) is 10.3. The Morgan fingerprint density at radius 3 is 2.38 bits per heavy atom. The number of hydrogen-bond acceptors (Lipinski definition) is 4. The predicted octanol–water partition coefficient (Wildman–Crippen LogP) is 5.23. The van der Waals surface area contributed by atoms with E-state index in [-0.39, 0.29) is 43.8 Å². The van der Waals surface area contributed by atoms with Crippen LogP contribution in [0.2, 0.25) is 20.1 Å². The number of hydrogen-bond donors (Lipinski definition) is 1. The SMILES string of the molecule is O=C(COc1cc(Cl)c(Cl)cc1Cl)Nc1ccc(Cl)c([N+](=O)[O-])c1. The molecule has 2 rings (SSSR count). The third-order valence-electron chi connectivity index (χ3n) is 2.76. The maximum absolute atomic E-state index is 11.9. The summed E-state index contributed by atoms with van der Waals surface area (Å²) in [6.07, 6.45) is 0. The van der Waals surface area contributed by atoms with Crippen LogP contribution >= 0.6 is 46.4 Å². The Morgan fingerprint density at radius 1 is 1.04 bits per heavy atom. The van der Waals surface area contributed by atoms with Gasteiger partial charge in [-0.15, -0.1) is 0 Å². The monoisotopic (exact) mass is 408 g/mol. The Balaban J connectivity index is 2.03. The second-order valence-corrected chi connectivity index (χ2v) is 6.09. The molecule has 0 saturated carbocycles. The van der Waals surface area contributed by atoms with Gasteiger partial charge in [0.1, 0.15) is 10.8 Å². The summed E-state index contributed by atoms with van der Waals surface area (Å²) < 4.78 is 5.26. The third kappa shape index (κ3) is 4.64. The average molecular weight is 410 g/mol. The lowest BCUT2D eigenvalue weighted by Gasteiger charge is -2.10. The number of amides is 1. The summed E-state index contributed by atoms with van der Waals surface area (Å²) in [5.41, 5.74) is -0.108. The van der Waals surface area contributed by atoms with E-state index in [0.29, 0.717) is 0 Å². The van der Waals surface area contributed by atoms with Crippen LogP contribution in [0.15, 0.2) is 30.3 Å². The summed E-state index contributed by atoms with van der Waals surface area (Å²) in [7, 11) is 0. The van der Waals surface area contributed by atoms with Crippen LogP contribution in [0.5, 0.6) is 5.75 Å². The van der Waals surface area contributed by atoms with Gasteiger partial charge in [0.2, 0.25) is 0 Å². The van der Waals surface area contributed by atoms with E-state index in [1.165, 1.54) is 24.3 Å². The summed E-state index contributed by atoms with van der Waals surface area (Å²) >= 11 is 23.3. The molecule has 2 aromatic rings. The smallest absolute Gasteiger partial charge is 0.289 e. The van der Waals surface area contributed by atoms with Crippen molar-refractivity contribution >= 4 is 63.7 Å². The minimum Gasteiger partial charge on any atom is -0.482 e. The van der Waals surface area contributed by atoms with Crippen LogP contribution in [-0.2, 0) is 4.79 Å². The summed E-state index contributed by atoms with van der Waals surface area (Å²) in [4.78, 5) is 22.0. The molecule has 6 nitrogen and oxygen atoms in total. The van der Waals surface area contributed by atoms with E-state index in [1.807, 2.05) is 0 Å². The fourth-order valence-electron chi connectivity index (χ4n) is 1.69. The highest BCUT2D eigenvalue weighted by molar-refractivity contribution is 6.43. The second kappa shape index (κ2) is 7.90. The minimum atomic E-state index is -0.649. The molecule has 10 heteroatoms. The van der Waals surface area contributed by atoms with Crippen molar-refractivity contribution < 1.29 is 14.5 Å². The molecule has 2 aromatic carbocycles. The maximum atomic E-state index is 11.9. The summed E-state index contributed by atoms with van der Waals surface area (Å²) in [6, 6.07) is 6.66. The van der Waals surface area contributed by atoms with Gasteiger partial charge >= 0.3 is 0 Å². The number of carbonyl (C=O) groups is 1. The van der Waals surface area contributed by atoms with E-state index in [1.54, 1.807) is 0 Å². The van der Waals surface area contributed by atoms with Gasteiger partial charge < -0.3 is 10.1 Å². The number of nitro benzene ring substituents is 1. The Hall–Kier alpha value is -1.73. The first-order chi connectivity index (χ1) is 11.3. The van der Waals surface area contributed by atoms with E-state index >= 15 is 0 Å². The quantitative estimate of drug-likeness (QED) is 0.416. The molecule has 24 heavy (non-hydrogen) atoms. The number of benzene rings is 2. The maximum Gasteiger partial charge on any atom is 0.289 e. The van der Waals surface area contributed by atoms with Gasteiger partial charge in [-0.3, -0.25) is 14.9 Å². The second-order valence-electron chi connectivity index (χ2n) is 4.46. The van der Waals surface area contributed by atoms with Gasteiger partial charge in [0.25, 0.3) is 11.6 Å². The van der Waals surface area contributed by atoms with Gasteiger partial charge in [-0.05, 0) is 18.2 Å². The topological polar surface area (TPSA) is 81.5 Å². The van der Waals surface area contributed by atoms with Gasteiger partial charge in [-0.2, -0.15) is 0 Å². The van der Waals surface area contributed by atoms with Crippen molar-refractivity contribution in [2.24, 2.45) is 0 Å². The highest BCUT2D eigenvalue weighted by Gasteiger charge is 2.14. The van der Waals surface area contributed by atoms with Gasteiger partial charge in [0, 0.05) is 17.8 Å². The lowest BCUT2D eigenvalue weighted by atomic mass is 10.3. The summed E-state index contributed by atoms with van der Waals surface area (Å²) in [5.74, 6) is -0.364. The molecule has 0 saturated heterocycles. The molecule has 126 valence electrons. The van der Waals surface area contributed by atoms with Crippen LogP contribution in [-0.4, -0.2) is 17.4 Å². The molecule has 0 unspecified atom stereocenters. The molecule has 0 aliphatic carbocycles. The van der Waals surface area contributed by atoms with Crippen LogP contribution in [0.25, 0.3) is 0 Å². The molecule has 0 aliphatic rings. The van der Waals surface area contributed by atoms with Gasteiger partial charge in [-0.1, -0.05) is 46.4 Å². The van der Waals surface area contributed by atoms with Gasteiger partial charge in [-0.25, -0.2) is 0 Å². The third-order valence-corrected chi connectivity index (χ3v) is 4.10. The Morgan fingerprint density at radius 2 is 1.71 bits per heavy atom. The first kappa shape index (κ1) is 18.6. The zero-order chi connectivity index (χ0) is 17.9. The number of nitrogens with one attached hydrogen (secondary N) is 1. The average Bonchev–Trinajstić information content (AvgIpc) is 2.51. The number of rotatable bonds is 5. The predicted molar refractivity (Wildman–Crippen MR) is 93.7 cm³/mol. The molecule has 0 atom stereocenters. The van der Waals surface area contributed by atoms with Crippen molar-refractivity contribution in [2.45, 2.75) is 0 Å². The fraction of sp³-hybridized carbons (Fsp3) is 0.0714. The number of anilines is 1. The standard InChI is InChI=1S/C14H8Cl4N2O4/c15-8-2-1-7(3-12(8)20(22)23)19-14(21)6-24-13-5-10(17)9(16)4-11(13)18/h1-5H,6H2,(H,19,21). The highest BCUT2D eigenvalue weighted by atomic mass is 35.5. The van der Waals surface area contributed by atoms with Gasteiger partial charge in [0.15, 0.2) is 6.61 Å². The van der Waals surface area contributed by atoms with E-state index in [4.69, 9.17) is 51.1 Å². The number of ether oxygens (including phenoxy) is 1. The molecule has 0 heterocycles. The van der Waals surface area contributed by atoms with Crippen LogP contribution in [0.1, 0.15) is 0 Å². The van der Waals surface area contributed by atoms with Crippen molar-refractivity contribution in [3.8, 4) is 5.75 Å². The lowest BCUT2D eigenvalue weighted by Crippen LogP contribution is -2.20. The Bertz CT molecular complexity index is 814. The van der Waals surface area contributed by atoms with Crippen LogP contribution in [0, 0.1) is 10.1 Å². The molecule has 1 amide bonds. The molecule has 1 N–H and O–H groups in total. The first-order valence-electron chi connectivity index (χ1n) is 6.29. The van der Waals surface area contributed by atoms with Crippen LogP contribution in [0.3, 0.4) is 0 Å². The molecule has 0 fully saturated rings. The number of carbonyl (C=O) groups excluding carboxylic acids is 1. The van der Waals surface area contributed by atoms with Crippen LogP contribution in [0.4, 0.5) is 11.4 Å². The van der Waals surface area contributed by atoms with E-state index in [0.717, 1.165) is 6.07 Å². The van der Waals surface area contributed by atoms with Crippen molar-refractivity contribution in [3.63, 3.8) is 0 Å². The molecule has 0 spiro atoms. The van der Waals surface area contributed by atoms with Crippen molar-refractivity contribution in [1.82, 2.24) is 0 Å². The largest absolute Gasteiger partial charge is 0.482 e. The molecular formula is C14H8Cl4N2O4. The van der Waals surface area contributed by atoms with Gasteiger partial charge in [0.05, 0.1) is 20.0 Å². The molecule has 0 aliphatic heterocycles. The summed E-state index contributed by atoms with van der Waals surface area (Å²) in [6.45, 7) is -0.381. The molecule has 0 bridgehead atoms. The van der Waals surface area contributed by atoms with Crippen molar-refractivity contribution in [3.05, 3.63) is 60.5 Å².